The van der Waals surface area contributed by atoms with Crippen molar-refractivity contribution >= 4 is 21.7 Å². The number of rotatable bonds is 9. The van der Waals surface area contributed by atoms with E-state index in [-0.39, 0.29) is 11.9 Å². The van der Waals surface area contributed by atoms with E-state index in [1.165, 1.54) is 0 Å². The average Bonchev–Trinajstić information content (AvgIpc) is 3.47. The van der Waals surface area contributed by atoms with Crippen LogP contribution in [0.15, 0.2) is 77.9 Å². The first-order chi connectivity index (χ1) is 16.3. The standard InChI is InChI=1S/C26H28BrN3O4/c1-19-14-21(27)6-9-24(19)26(17-30-13-11-28-18-30)33-16-23(34-26)15-32-22-7-4-20(5-8-22)25(31)10-12-29(2)3/h4-14,18,23H,15-17H2,1-3H3. The first-order valence-corrected chi connectivity index (χ1v) is 11.8. The lowest BCUT2D eigenvalue weighted by atomic mass is 10.00. The monoisotopic (exact) mass is 525 g/mol. The second kappa shape index (κ2) is 10.5. The number of ether oxygens (including phenoxy) is 3. The van der Waals surface area contributed by atoms with E-state index in [2.05, 4.69) is 27.0 Å². The van der Waals surface area contributed by atoms with Crippen molar-refractivity contribution in [2.75, 3.05) is 27.3 Å². The predicted octanol–water partition coefficient (Wildman–Crippen LogP) is 4.56. The van der Waals surface area contributed by atoms with Crippen molar-refractivity contribution in [1.29, 1.82) is 0 Å². The Morgan fingerprint density at radius 1 is 1.29 bits per heavy atom. The zero-order valence-electron chi connectivity index (χ0n) is 19.5. The third-order valence-corrected chi connectivity index (χ3v) is 6.00. The van der Waals surface area contributed by atoms with E-state index < -0.39 is 5.79 Å². The number of allylic oxidation sites excluding steroid dienone is 1. The first-order valence-electron chi connectivity index (χ1n) is 11.0. The molecule has 1 fully saturated rings. The maximum Gasteiger partial charge on any atom is 0.214 e. The zero-order chi connectivity index (χ0) is 24.1. The molecule has 2 aromatic carbocycles. The molecule has 178 valence electrons. The molecule has 34 heavy (non-hydrogen) atoms. The van der Waals surface area contributed by atoms with E-state index in [9.17, 15) is 4.79 Å². The van der Waals surface area contributed by atoms with Gasteiger partial charge in [-0.15, -0.1) is 0 Å². The number of aromatic nitrogens is 2. The van der Waals surface area contributed by atoms with Crippen molar-refractivity contribution < 1.29 is 19.0 Å². The lowest BCUT2D eigenvalue weighted by Crippen LogP contribution is -2.35. The van der Waals surface area contributed by atoms with Gasteiger partial charge in [-0.2, -0.15) is 0 Å². The van der Waals surface area contributed by atoms with Gasteiger partial charge in [0.25, 0.3) is 0 Å². The van der Waals surface area contributed by atoms with E-state index in [0.717, 1.165) is 15.6 Å². The van der Waals surface area contributed by atoms with E-state index in [4.69, 9.17) is 14.2 Å². The van der Waals surface area contributed by atoms with Crippen molar-refractivity contribution in [2.24, 2.45) is 0 Å². The van der Waals surface area contributed by atoms with Crippen molar-refractivity contribution in [2.45, 2.75) is 25.4 Å². The molecule has 2 unspecified atom stereocenters. The lowest BCUT2D eigenvalue weighted by Gasteiger charge is -2.30. The summed E-state index contributed by atoms with van der Waals surface area (Å²) in [5, 5.41) is 0. The molecule has 2 heterocycles. The Morgan fingerprint density at radius 2 is 2.09 bits per heavy atom. The Morgan fingerprint density at radius 3 is 2.76 bits per heavy atom. The first kappa shape index (κ1) is 24.2. The normalized spacial score (nSPS) is 20.1. The molecule has 1 aromatic heterocycles. The van der Waals surface area contributed by atoms with Crippen LogP contribution in [0.1, 0.15) is 21.5 Å². The molecular formula is C26H28BrN3O4. The van der Waals surface area contributed by atoms with Crippen LogP contribution in [0.2, 0.25) is 0 Å². The van der Waals surface area contributed by atoms with Crippen LogP contribution in [0.4, 0.5) is 0 Å². The van der Waals surface area contributed by atoms with Crippen LogP contribution in [0.25, 0.3) is 0 Å². The number of carbonyl (C=O) groups excluding carboxylic acids is 1. The average molecular weight is 526 g/mol. The van der Waals surface area contributed by atoms with Crippen LogP contribution in [-0.2, 0) is 21.8 Å². The predicted molar refractivity (Wildman–Crippen MR) is 133 cm³/mol. The van der Waals surface area contributed by atoms with E-state index in [1.54, 1.807) is 49.1 Å². The molecule has 0 bridgehead atoms. The molecule has 8 heteroatoms. The quantitative estimate of drug-likeness (QED) is 0.301. The molecule has 2 atom stereocenters. The highest BCUT2D eigenvalue weighted by Gasteiger charge is 2.44. The number of ketones is 1. The Balaban J connectivity index is 1.43. The maximum absolute atomic E-state index is 12.2. The van der Waals surface area contributed by atoms with Gasteiger partial charge in [0.1, 0.15) is 18.5 Å². The van der Waals surface area contributed by atoms with Crippen LogP contribution >= 0.6 is 15.9 Å². The Bertz CT molecular complexity index is 1150. The van der Waals surface area contributed by atoms with Crippen LogP contribution in [0.3, 0.4) is 0 Å². The molecule has 0 spiro atoms. The fourth-order valence-electron chi connectivity index (χ4n) is 3.85. The smallest absolute Gasteiger partial charge is 0.214 e. The highest BCUT2D eigenvalue weighted by atomic mass is 79.9. The summed E-state index contributed by atoms with van der Waals surface area (Å²) >= 11 is 3.53. The van der Waals surface area contributed by atoms with Gasteiger partial charge >= 0.3 is 0 Å². The number of carbonyl (C=O) groups is 1. The molecule has 0 saturated carbocycles. The van der Waals surface area contributed by atoms with Crippen LogP contribution in [-0.4, -0.2) is 53.6 Å². The Hall–Kier alpha value is -2.94. The zero-order valence-corrected chi connectivity index (χ0v) is 21.1. The van der Waals surface area contributed by atoms with Crippen molar-refractivity contribution in [3.63, 3.8) is 0 Å². The minimum absolute atomic E-state index is 0.0538. The molecule has 1 aliphatic rings. The molecule has 0 aliphatic carbocycles. The fraction of sp³-hybridized carbons (Fsp3) is 0.308. The molecular weight excluding hydrogens is 498 g/mol. The highest BCUT2D eigenvalue weighted by molar-refractivity contribution is 9.10. The van der Waals surface area contributed by atoms with Crippen LogP contribution in [0, 0.1) is 6.92 Å². The van der Waals surface area contributed by atoms with Gasteiger partial charge in [-0.3, -0.25) is 4.79 Å². The van der Waals surface area contributed by atoms with E-state index >= 15 is 0 Å². The van der Waals surface area contributed by atoms with Gasteiger partial charge in [-0.05, 0) is 48.9 Å². The number of hydrogen-bond donors (Lipinski definition) is 0. The number of hydrogen-bond acceptors (Lipinski definition) is 6. The van der Waals surface area contributed by atoms with Gasteiger partial charge < -0.3 is 23.7 Å². The summed E-state index contributed by atoms with van der Waals surface area (Å²) in [7, 11) is 3.75. The van der Waals surface area contributed by atoms with Gasteiger partial charge in [0.15, 0.2) is 5.78 Å². The highest BCUT2D eigenvalue weighted by Crippen LogP contribution is 2.38. The number of imidazole rings is 1. The fourth-order valence-corrected chi connectivity index (χ4v) is 4.32. The lowest BCUT2D eigenvalue weighted by molar-refractivity contribution is -0.189. The van der Waals surface area contributed by atoms with Gasteiger partial charge in [0, 0.05) is 54.4 Å². The topological polar surface area (TPSA) is 65.8 Å². The molecule has 4 rings (SSSR count). The molecule has 7 nitrogen and oxygen atoms in total. The minimum atomic E-state index is -0.936. The number of benzene rings is 2. The third kappa shape index (κ3) is 5.75. The summed E-state index contributed by atoms with van der Waals surface area (Å²) in [5.41, 5.74) is 2.65. The van der Waals surface area contributed by atoms with Gasteiger partial charge in [-0.25, -0.2) is 4.98 Å². The second-order valence-electron chi connectivity index (χ2n) is 8.48. The van der Waals surface area contributed by atoms with Gasteiger partial charge in [-0.1, -0.05) is 22.0 Å². The molecule has 3 aromatic rings. The number of halogens is 1. The summed E-state index contributed by atoms with van der Waals surface area (Å²) < 4.78 is 21.7. The minimum Gasteiger partial charge on any atom is -0.491 e. The van der Waals surface area contributed by atoms with Crippen molar-refractivity contribution in [1.82, 2.24) is 14.5 Å². The summed E-state index contributed by atoms with van der Waals surface area (Å²) in [6.45, 7) is 3.25. The summed E-state index contributed by atoms with van der Waals surface area (Å²) in [6, 6.07) is 13.2. The number of nitrogens with zero attached hydrogens (tertiary/aromatic N) is 3. The number of aryl methyl sites for hydroxylation is 1. The summed E-state index contributed by atoms with van der Waals surface area (Å²) in [4.78, 5) is 18.2. The Labute approximate surface area is 208 Å². The Kier molecular flexibility index (Phi) is 7.50. The van der Waals surface area contributed by atoms with Gasteiger partial charge in [0.05, 0.1) is 19.5 Å². The molecule has 0 N–H and O–H groups in total. The van der Waals surface area contributed by atoms with Crippen LogP contribution in [0.5, 0.6) is 5.75 Å². The molecule has 0 radical (unpaired) electrons. The van der Waals surface area contributed by atoms with Crippen molar-refractivity contribution in [3.05, 3.63) is 94.6 Å². The SMILES string of the molecule is Cc1cc(Br)ccc1C1(Cn2ccnc2)OCC(COc2ccc(C(=O)C=CN(C)C)cc2)O1. The summed E-state index contributed by atoms with van der Waals surface area (Å²) in [6.07, 6.45) is 8.40. The van der Waals surface area contributed by atoms with Gasteiger partial charge in [0.2, 0.25) is 5.79 Å². The third-order valence-electron chi connectivity index (χ3n) is 5.51. The molecule has 1 saturated heterocycles. The molecule has 1 aliphatic heterocycles. The van der Waals surface area contributed by atoms with Crippen LogP contribution < -0.4 is 4.74 Å². The molecule has 0 amide bonds. The van der Waals surface area contributed by atoms with E-state index in [1.807, 2.05) is 48.8 Å². The van der Waals surface area contributed by atoms with Crippen molar-refractivity contribution in [3.8, 4) is 5.75 Å². The second-order valence-corrected chi connectivity index (χ2v) is 9.39. The summed E-state index contributed by atoms with van der Waals surface area (Å²) in [5.74, 6) is -0.320. The largest absolute Gasteiger partial charge is 0.491 e. The maximum atomic E-state index is 12.2. The van der Waals surface area contributed by atoms with E-state index in [0.29, 0.717) is 31.1 Å².